The van der Waals surface area contributed by atoms with Crippen LogP contribution < -0.4 is 5.32 Å². The standard InChI is InChI=1S/C15H12Br2ClNO/c1-9(10-2-5-12(16)6-3-10)19-15(20)11-4-7-14(18)13(17)8-11/h2-9H,1H3,(H,19,20)/t9-/m1/s1. The summed E-state index contributed by atoms with van der Waals surface area (Å²) in [5, 5.41) is 3.55. The molecule has 0 heterocycles. The number of hydrogen-bond acceptors (Lipinski definition) is 1. The van der Waals surface area contributed by atoms with Crippen LogP contribution >= 0.6 is 43.5 Å². The van der Waals surface area contributed by atoms with Crippen LogP contribution in [0.3, 0.4) is 0 Å². The van der Waals surface area contributed by atoms with Crippen molar-refractivity contribution in [1.29, 1.82) is 0 Å². The van der Waals surface area contributed by atoms with Crippen molar-refractivity contribution >= 4 is 49.4 Å². The average Bonchev–Trinajstić information content (AvgIpc) is 2.42. The molecular weight excluding hydrogens is 405 g/mol. The van der Waals surface area contributed by atoms with E-state index in [0.717, 1.165) is 10.0 Å². The third-order valence-corrected chi connectivity index (χ3v) is 4.64. The van der Waals surface area contributed by atoms with Crippen LogP contribution in [0.4, 0.5) is 0 Å². The fourth-order valence-corrected chi connectivity index (χ4v) is 2.51. The predicted molar refractivity (Wildman–Crippen MR) is 89.2 cm³/mol. The Morgan fingerprint density at radius 2 is 1.80 bits per heavy atom. The Morgan fingerprint density at radius 3 is 2.40 bits per heavy atom. The molecule has 0 saturated carbocycles. The Kier molecular flexibility index (Phi) is 5.24. The van der Waals surface area contributed by atoms with Gasteiger partial charge in [-0.1, -0.05) is 39.7 Å². The minimum absolute atomic E-state index is 0.0648. The molecule has 0 aliphatic carbocycles. The number of rotatable bonds is 3. The first kappa shape index (κ1) is 15.5. The monoisotopic (exact) mass is 415 g/mol. The van der Waals surface area contributed by atoms with Gasteiger partial charge >= 0.3 is 0 Å². The van der Waals surface area contributed by atoms with Gasteiger partial charge in [0.05, 0.1) is 11.1 Å². The van der Waals surface area contributed by atoms with Gasteiger partial charge in [0.2, 0.25) is 0 Å². The summed E-state index contributed by atoms with van der Waals surface area (Å²) in [6.07, 6.45) is 0. The van der Waals surface area contributed by atoms with Crippen molar-refractivity contribution in [3.8, 4) is 0 Å². The van der Waals surface area contributed by atoms with Crippen LogP contribution in [0.15, 0.2) is 51.4 Å². The zero-order valence-corrected chi connectivity index (χ0v) is 14.6. The van der Waals surface area contributed by atoms with E-state index in [4.69, 9.17) is 11.6 Å². The molecule has 0 fully saturated rings. The first-order valence-corrected chi connectivity index (χ1v) is 7.95. The summed E-state index contributed by atoms with van der Waals surface area (Å²) >= 11 is 12.6. The molecule has 5 heteroatoms. The van der Waals surface area contributed by atoms with E-state index < -0.39 is 0 Å². The van der Waals surface area contributed by atoms with Crippen LogP contribution in [-0.2, 0) is 0 Å². The Bertz CT molecular complexity index is 628. The van der Waals surface area contributed by atoms with E-state index in [-0.39, 0.29) is 11.9 Å². The second-order valence-electron chi connectivity index (χ2n) is 4.38. The second kappa shape index (κ2) is 6.74. The first-order valence-electron chi connectivity index (χ1n) is 5.99. The van der Waals surface area contributed by atoms with Crippen LogP contribution in [0.1, 0.15) is 28.9 Å². The number of halogens is 3. The lowest BCUT2D eigenvalue weighted by Crippen LogP contribution is -2.26. The van der Waals surface area contributed by atoms with Gasteiger partial charge in [0.1, 0.15) is 0 Å². The topological polar surface area (TPSA) is 29.1 Å². The highest BCUT2D eigenvalue weighted by atomic mass is 79.9. The molecule has 2 aromatic carbocycles. The molecule has 0 aliphatic heterocycles. The molecule has 0 spiro atoms. The summed E-state index contributed by atoms with van der Waals surface area (Å²) < 4.78 is 1.73. The van der Waals surface area contributed by atoms with Gasteiger partial charge in [-0.2, -0.15) is 0 Å². The number of nitrogens with one attached hydrogen (secondary N) is 1. The number of hydrogen-bond donors (Lipinski definition) is 1. The highest BCUT2D eigenvalue weighted by Crippen LogP contribution is 2.24. The zero-order valence-electron chi connectivity index (χ0n) is 10.7. The minimum Gasteiger partial charge on any atom is -0.346 e. The quantitative estimate of drug-likeness (QED) is 0.716. The summed E-state index contributed by atoms with van der Waals surface area (Å²) in [6.45, 7) is 1.95. The number of carbonyl (C=O) groups is 1. The zero-order chi connectivity index (χ0) is 14.7. The van der Waals surface area contributed by atoms with Gasteiger partial charge < -0.3 is 5.32 Å². The maximum atomic E-state index is 12.2. The SMILES string of the molecule is C[C@@H](NC(=O)c1ccc(Cl)c(Br)c1)c1ccc(Br)cc1. The van der Waals surface area contributed by atoms with Gasteiger partial charge in [0, 0.05) is 14.5 Å². The molecule has 0 saturated heterocycles. The summed E-state index contributed by atoms with van der Waals surface area (Å²) in [4.78, 5) is 12.2. The Balaban J connectivity index is 2.10. The molecule has 0 radical (unpaired) electrons. The lowest BCUT2D eigenvalue weighted by Gasteiger charge is -2.14. The van der Waals surface area contributed by atoms with Crippen molar-refractivity contribution in [3.63, 3.8) is 0 Å². The molecule has 1 amide bonds. The smallest absolute Gasteiger partial charge is 0.251 e. The fraction of sp³-hybridized carbons (Fsp3) is 0.133. The number of amides is 1. The van der Waals surface area contributed by atoms with Crippen molar-refractivity contribution in [3.05, 3.63) is 67.6 Å². The van der Waals surface area contributed by atoms with E-state index in [1.165, 1.54) is 0 Å². The lowest BCUT2D eigenvalue weighted by molar-refractivity contribution is 0.0940. The van der Waals surface area contributed by atoms with E-state index in [1.807, 2.05) is 31.2 Å². The molecule has 2 aromatic rings. The molecule has 0 aliphatic rings. The Morgan fingerprint density at radius 1 is 1.15 bits per heavy atom. The van der Waals surface area contributed by atoms with Gasteiger partial charge in [-0.15, -0.1) is 0 Å². The second-order valence-corrected chi connectivity index (χ2v) is 6.55. The molecule has 0 bridgehead atoms. The van der Waals surface area contributed by atoms with Crippen LogP contribution in [0.5, 0.6) is 0 Å². The number of carbonyl (C=O) groups excluding carboxylic acids is 1. The van der Waals surface area contributed by atoms with Crippen molar-refractivity contribution in [2.45, 2.75) is 13.0 Å². The molecule has 1 atom stereocenters. The molecular formula is C15H12Br2ClNO. The molecule has 104 valence electrons. The number of benzene rings is 2. The van der Waals surface area contributed by atoms with Gasteiger partial charge in [-0.05, 0) is 58.7 Å². The van der Waals surface area contributed by atoms with Crippen LogP contribution in [0.25, 0.3) is 0 Å². The first-order chi connectivity index (χ1) is 9.47. The van der Waals surface area contributed by atoms with Crippen molar-refractivity contribution in [1.82, 2.24) is 5.32 Å². The molecule has 0 unspecified atom stereocenters. The molecule has 20 heavy (non-hydrogen) atoms. The van der Waals surface area contributed by atoms with E-state index in [1.54, 1.807) is 18.2 Å². The molecule has 2 rings (SSSR count). The molecule has 2 nitrogen and oxygen atoms in total. The third kappa shape index (κ3) is 3.84. The molecule has 1 N–H and O–H groups in total. The van der Waals surface area contributed by atoms with Gasteiger partial charge in [-0.25, -0.2) is 0 Å². The predicted octanol–water partition coefficient (Wildman–Crippen LogP) is 5.36. The summed E-state index contributed by atoms with van der Waals surface area (Å²) in [6, 6.07) is 12.9. The fourth-order valence-electron chi connectivity index (χ4n) is 1.75. The normalized spacial score (nSPS) is 12.0. The summed E-state index contributed by atoms with van der Waals surface area (Å²) in [5.74, 6) is -0.127. The van der Waals surface area contributed by atoms with E-state index in [0.29, 0.717) is 15.1 Å². The van der Waals surface area contributed by atoms with Crippen LogP contribution in [0, 0.1) is 0 Å². The van der Waals surface area contributed by atoms with Gasteiger partial charge in [0.25, 0.3) is 5.91 Å². The average molecular weight is 418 g/mol. The van der Waals surface area contributed by atoms with Gasteiger partial charge in [-0.3, -0.25) is 4.79 Å². The summed E-state index contributed by atoms with van der Waals surface area (Å²) in [5.41, 5.74) is 1.62. The third-order valence-electron chi connectivity index (χ3n) is 2.90. The van der Waals surface area contributed by atoms with Crippen LogP contribution in [-0.4, -0.2) is 5.91 Å². The van der Waals surface area contributed by atoms with Crippen LogP contribution in [0.2, 0.25) is 5.02 Å². The Labute approximate surface area is 139 Å². The van der Waals surface area contributed by atoms with Gasteiger partial charge in [0.15, 0.2) is 0 Å². The van der Waals surface area contributed by atoms with E-state index in [2.05, 4.69) is 37.2 Å². The minimum atomic E-state index is -0.127. The largest absolute Gasteiger partial charge is 0.346 e. The summed E-state index contributed by atoms with van der Waals surface area (Å²) in [7, 11) is 0. The highest BCUT2D eigenvalue weighted by molar-refractivity contribution is 9.10. The maximum Gasteiger partial charge on any atom is 0.251 e. The molecule has 0 aromatic heterocycles. The van der Waals surface area contributed by atoms with Crippen molar-refractivity contribution in [2.75, 3.05) is 0 Å². The maximum absolute atomic E-state index is 12.2. The van der Waals surface area contributed by atoms with E-state index >= 15 is 0 Å². The van der Waals surface area contributed by atoms with E-state index in [9.17, 15) is 4.79 Å². The lowest BCUT2D eigenvalue weighted by atomic mass is 10.1. The van der Waals surface area contributed by atoms with Crippen molar-refractivity contribution in [2.24, 2.45) is 0 Å². The van der Waals surface area contributed by atoms with Crippen molar-refractivity contribution < 1.29 is 4.79 Å². The highest BCUT2D eigenvalue weighted by Gasteiger charge is 2.12. The Hall–Kier alpha value is -0.840.